The summed E-state index contributed by atoms with van der Waals surface area (Å²) in [7, 11) is 0. The molecule has 1 heterocycles. The second kappa shape index (κ2) is 8.03. The van der Waals surface area contributed by atoms with Gasteiger partial charge in [0.1, 0.15) is 11.4 Å². The molecule has 156 valence electrons. The first-order chi connectivity index (χ1) is 14.1. The maximum atomic E-state index is 12.3. The monoisotopic (exact) mass is 506 g/mol. The van der Waals surface area contributed by atoms with Crippen LogP contribution in [-0.4, -0.2) is 21.1 Å². The van der Waals surface area contributed by atoms with Crippen molar-refractivity contribution in [3.63, 3.8) is 0 Å². The van der Waals surface area contributed by atoms with Crippen LogP contribution in [0.5, 0.6) is 0 Å². The normalized spacial score (nSPS) is 13.5. The van der Waals surface area contributed by atoms with Crippen LogP contribution in [0.15, 0.2) is 34.8 Å². The Kier molecular flexibility index (Phi) is 5.73. The smallest absolute Gasteiger partial charge is 0.308 e. The van der Waals surface area contributed by atoms with Gasteiger partial charge in [0.15, 0.2) is 0 Å². The lowest BCUT2D eigenvalue weighted by molar-refractivity contribution is -0.155. The summed E-state index contributed by atoms with van der Waals surface area (Å²) in [6, 6.07) is 9.83. The molecule has 7 heteroatoms. The minimum absolute atomic E-state index is 0.238. The molecule has 0 bridgehead atoms. The van der Waals surface area contributed by atoms with Gasteiger partial charge in [0, 0.05) is 23.0 Å². The van der Waals surface area contributed by atoms with Crippen molar-refractivity contribution < 1.29 is 9.53 Å². The number of hydrogen-bond acceptors (Lipinski definition) is 3. The van der Waals surface area contributed by atoms with Crippen molar-refractivity contribution in [3.05, 3.63) is 61.8 Å². The highest BCUT2D eigenvalue weighted by molar-refractivity contribution is 9.10. The van der Waals surface area contributed by atoms with Gasteiger partial charge in [-0.15, -0.1) is 0 Å². The van der Waals surface area contributed by atoms with E-state index in [4.69, 9.17) is 32.9 Å². The Labute approximate surface area is 194 Å². The third-order valence-corrected chi connectivity index (χ3v) is 6.07. The van der Waals surface area contributed by atoms with Crippen molar-refractivity contribution in [2.24, 2.45) is 0 Å². The average molecular weight is 508 g/mol. The third-order valence-electron chi connectivity index (χ3n) is 4.85. The number of hydrogen-bond donors (Lipinski definition) is 0. The molecule has 0 saturated heterocycles. The largest absolute Gasteiger partial charge is 0.460 e. The summed E-state index contributed by atoms with van der Waals surface area (Å²) in [5.74, 6) is 0.571. The lowest BCUT2D eigenvalue weighted by Crippen LogP contribution is -2.24. The lowest BCUT2D eigenvalue weighted by atomic mass is 10.1. The van der Waals surface area contributed by atoms with Crippen LogP contribution in [0, 0.1) is 0 Å². The number of imidazole rings is 1. The topological polar surface area (TPSA) is 44.1 Å². The van der Waals surface area contributed by atoms with E-state index in [1.807, 2.05) is 37.5 Å². The number of nitrogens with zero attached hydrogens (tertiary/aromatic N) is 2. The van der Waals surface area contributed by atoms with Crippen LogP contribution in [0.1, 0.15) is 44.1 Å². The molecule has 1 aromatic heterocycles. The number of benzene rings is 2. The minimum Gasteiger partial charge on any atom is -0.460 e. The highest BCUT2D eigenvalue weighted by Gasteiger charge is 2.23. The molecule has 0 fully saturated rings. The van der Waals surface area contributed by atoms with Crippen molar-refractivity contribution in [2.45, 2.75) is 45.8 Å². The molecular weight excluding hydrogens is 487 g/mol. The highest BCUT2D eigenvalue weighted by Crippen LogP contribution is 2.36. The molecule has 30 heavy (non-hydrogen) atoms. The summed E-state index contributed by atoms with van der Waals surface area (Å²) in [6.45, 7) is 6.03. The number of aryl methyl sites for hydroxylation is 1. The van der Waals surface area contributed by atoms with Gasteiger partial charge < -0.3 is 9.30 Å². The molecule has 0 radical (unpaired) electrons. The fourth-order valence-corrected chi connectivity index (χ4v) is 4.37. The Hall–Kier alpha value is -1.82. The van der Waals surface area contributed by atoms with Crippen molar-refractivity contribution >= 4 is 67.8 Å². The zero-order valence-electron chi connectivity index (χ0n) is 16.9. The second-order valence-electron chi connectivity index (χ2n) is 8.37. The van der Waals surface area contributed by atoms with Crippen molar-refractivity contribution in [1.82, 2.24) is 9.55 Å². The summed E-state index contributed by atoms with van der Waals surface area (Å²) in [6.07, 6.45) is 3.16. The Morgan fingerprint density at radius 1 is 1.20 bits per heavy atom. The molecular formula is C23H21BrCl2N2O2. The van der Waals surface area contributed by atoms with Crippen LogP contribution in [0.3, 0.4) is 0 Å². The van der Waals surface area contributed by atoms with Gasteiger partial charge >= 0.3 is 5.97 Å². The summed E-state index contributed by atoms with van der Waals surface area (Å²) < 4.78 is 8.57. The Bertz CT molecular complexity index is 1190. The molecule has 3 aromatic rings. The number of rotatable bonds is 4. The molecule has 1 aliphatic carbocycles. The number of carbonyl (C=O) groups excluding carboxylic acids is 1. The molecule has 0 atom stereocenters. The van der Waals surface area contributed by atoms with E-state index in [0.717, 1.165) is 33.3 Å². The van der Waals surface area contributed by atoms with E-state index in [2.05, 4.69) is 34.1 Å². The fraction of sp³-hybridized carbons (Fsp3) is 0.304. The molecule has 0 unspecified atom stereocenters. The van der Waals surface area contributed by atoms with Gasteiger partial charge in [-0.05, 0) is 62.2 Å². The zero-order chi connectivity index (χ0) is 21.6. The van der Waals surface area contributed by atoms with Crippen LogP contribution in [0.25, 0.3) is 22.7 Å². The Morgan fingerprint density at radius 3 is 2.67 bits per heavy atom. The zero-order valence-corrected chi connectivity index (χ0v) is 20.0. The van der Waals surface area contributed by atoms with Crippen molar-refractivity contribution in [2.75, 3.05) is 0 Å². The average Bonchev–Trinajstić information content (AvgIpc) is 3.19. The van der Waals surface area contributed by atoms with Gasteiger partial charge in [0.05, 0.1) is 27.5 Å². The quantitative estimate of drug-likeness (QED) is 0.359. The summed E-state index contributed by atoms with van der Waals surface area (Å²) in [5.41, 5.74) is 4.59. The standard InChI is InChI=1S/C23H21BrCl2N2O2/c1-23(2,3)30-21(29)6-7-28-20-12-18(26)17(25)11-19(20)27-22(28)15-8-13-4-5-16(24)10-14(13)9-15/h4-5,8,10-12H,6-7,9H2,1-3H3. The third kappa shape index (κ3) is 4.43. The number of fused-ring (bicyclic) bond motifs is 2. The molecule has 4 nitrogen and oxygen atoms in total. The predicted molar refractivity (Wildman–Crippen MR) is 126 cm³/mol. The van der Waals surface area contributed by atoms with E-state index in [9.17, 15) is 4.79 Å². The van der Waals surface area contributed by atoms with Gasteiger partial charge in [-0.2, -0.15) is 0 Å². The van der Waals surface area contributed by atoms with Gasteiger partial charge in [0.2, 0.25) is 0 Å². The summed E-state index contributed by atoms with van der Waals surface area (Å²) in [5, 5.41) is 0.918. The maximum Gasteiger partial charge on any atom is 0.308 e. The molecule has 0 amide bonds. The van der Waals surface area contributed by atoms with E-state index >= 15 is 0 Å². The number of halogens is 3. The van der Waals surface area contributed by atoms with Crippen LogP contribution >= 0.6 is 39.1 Å². The van der Waals surface area contributed by atoms with Crippen molar-refractivity contribution in [1.29, 1.82) is 0 Å². The number of allylic oxidation sites excluding steroid dienone is 1. The molecule has 2 aromatic carbocycles. The molecule has 0 aliphatic heterocycles. The van der Waals surface area contributed by atoms with E-state index in [1.54, 1.807) is 6.07 Å². The first-order valence-electron chi connectivity index (χ1n) is 9.67. The predicted octanol–water partition coefficient (Wildman–Crippen LogP) is 6.93. The highest BCUT2D eigenvalue weighted by atomic mass is 79.9. The molecule has 1 aliphatic rings. The molecule has 0 spiro atoms. The molecule has 0 saturated carbocycles. The SMILES string of the molecule is CC(C)(C)OC(=O)CCn1c(C2=Cc3ccc(Br)cc3C2)nc2cc(Cl)c(Cl)cc21. The number of aromatic nitrogens is 2. The van der Waals surface area contributed by atoms with E-state index < -0.39 is 5.60 Å². The second-order valence-corrected chi connectivity index (χ2v) is 10.1. The fourth-order valence-electron chi connectivity index (χ4n) is 3.64. The Balaban J connectivity index is 1.72. The maximum absolute atomic E-state index is 12.3. The van der Waals surface area contributed by atoms with Gasteiger partial charge in [-0.3, -0.25) is 4.79 Å². The minimum atomic E-state index is -0.517. The lowest BCUT2D eigenvalue weighted by Gasteiger charge is -2.19. The number of ether oxygens (including phenoxy) is 1. The first-order valence-corrected chi connectivity index (χ1v) is 11.2. The molecule has 4 rings (SSSR count). The number of carbonyl (C=O) groups is 1. The van der Waals surface area contributed by atoms with Gasteiger partial charge in [-0.25, -0.2) is 4.98 Å². The van der Waals surface area contributed by atoms with Gasteiger partial charge in [-0.1, -0.05) is 45.2 Å². The van der Waals surface area contributed by atoms with Crippen LogP contribution in [0.2, 0.25) is 10.0 Å². The van der Waals surface area contributed by atoms with Crippen LogP contribution in [-0.2, 0) is 22.5 Å². The van der Waals surface area contributed by atoms with Crippen LogP contribution < -0.4 is 0 Å². The Morgan fingerprint density at radius 2 is 1.93 bits per heavy atom. The number of esters is 1. The van der Waals surface area contributed by atoms with Gasteiger partial charge in [0.25, 0.3) is 0 Å². The van der Waals surface area contributed by atoms with E-state index in [0.29, 0.717) is 16.6 Å². The van der Waals surface area contributed by atoms with Crippen LogP contribution in [0.4, 0.5) is 0 Å². The van der Waals surface area contributed by atoms with Crippen molar-refractivity contribution in [3.8, 4) is 0 Å². The summed E-state index contributed by atoms with van der Waals surface area (Å²) in [4.78, 5) is 17.2. The van der Waals surface area contributed by atoms with E-state index in [-0.39, 0.29) is 12.4 Å². The first kappa shape index (κ1) is 21.4. The van der Waals surface area contributed by atoms with E-state index in [1.165, 1.54) is 11.1 Å². The summed E-state index contributed by atoms with van der Waals surface area (Å²) >= 11 is 16.0. The molecule has 0 N–H and O–H groups in total.